The van der Waals surface area contributed by atoms with E-state index in [1.807, 2.05) is 0 Å². The van der Waals surface area contributed by atoms with Gasteiger partial charge < -0.3 is 4.98 Å². The highest BCUT2D eigenvalue weighted by molar-refractivity contribution is 6.07. The maximum Gasteiger partial charge on any atom is 0.389 e. The Bertz CT molecular complexity index is 545. The molecule has 3 nitrogen and oxygen atoms in total. The number of carbonyl (C=O) groups is 1. The number of aromatic nitrogens is 2. The van der Waals surface area contributed by atoms with Crippen molar-refractivity contribution in [2.45, 2.75) is 19.0 Å². The fourth-order valence-corrected chi connectivity index (χ4v) is 1.58. The zero-order valence-electron chi connectivity index (χ0n) is 8.71. The molecule has 2 rings (SSSR count). The summed E-state index contributed by atoms with van der Waals surface area (Å²) in [7, 11) is 0. The molecule has 6 heteroatoms. The second-order valence-corrected chi connectivity index (χ2v) is 3.64. The first-order valence-corrected chi connectivity index (χ1v) is 4.99. The average Bonchev–Trinajstić information content (AvgIpc) is 2.68. The van der Waals surface area contributed by atoms with Crippen molar-refractivity contribution in [1.29, 1.82) is 0 Å². The van der Waals surface area contributed by atoms with E-state index in [1.54, 1.807) is 18.3 Å². The van der Waals surface area contributed by atoms with Gasteiger partial charge in [0.25, 0.3) is 0 Å². The predicted octanol–water partition coefficient (Wildman–Crippen LogP) is 3.09. The zero-order chi connectivity index (χ0) is 12.5. The van der Waals surface area contributed by atoms with Crippen LogP contribution in [0.5, 0.6) is 0 Å². The first-order chi connectivity index (χ1) is 7.97. The summed E-state index contributed by atoms with van der Waals surface area (Å²) < 4.78 is 36.0. The summed E-state index contributed by atoms with van der Waals surface area (Å²) >= 11 is 0. The van der Waals surface area contributed by atoms with Crippen LogP contribution in [0.25, 0.3) is 11.0 Å². The van der Waals surface area contributed by atoms with Gasteiger partial charge >= 0.3 is 6.18 Å². The lowest BCUT2D eigenvalue weighted by Crippen LogP contribution is -2.10. The van der Waals surface area contributed by atoms with Crippen molar-refractivity contribution in [2.75, 3.05) is 0 Å². The molecule has 0 unspecified atom stereocenters. The fourth-order valence-electron chi connectivity index (χ4n) is 1.58. The highest BCUT2D eigenvalue weighted by atomic mass is 19.4. The molecule has 0 fully saturated rings. The number of hydrogen-bond donors (Lipinski definition) is 1. The quantitative estimate of drug-likeness (QED) is 0.840. The Morgan fingerprint density at radius 3 is 2.88 bits per heavy atom. The number of halogens is 3. The van der Waals surface area contributed by atoms with Crippen molar-refractivity contribution in [2.24, 2.45) is 0 Å². The van der Waals surface area contributed by atoms with Gasteiger partial charge in [-0.25, -0.2) is 4.98 Å². The summed E-state index contributed by atoms with van der Waals surface area (Å²) in [6.07, 6.45) is -3.00. The Morgan fingerprint density at radius 1 is 1.41 bits per heavy atom. The number of nitrogens with zero attached hydrogens (tertiary/aromatic N) is 1. The number of aromatic amines is 1. The molecule has 0 saturated heterocycles. The molecule has 1 N–H and O–H groups in total. The number of fused-ring (bicyclic) bond motifs is 1. The minimum absolute atomic E-state index is 0.261. The molecule has 0 atom stereocenters. The van der Waals surface area contributed by atoms with E-state index in [0.717, 1.165) is 0 Å². The van der Waals surface area contributed by atoms with Crippen LogP contribution in [-0.2, 0) is 0 Å². The van der Waals surface area contributed by atoms with Gasteiger partial charge in [0.05, 0.1) is 6.42 Å². The van der Waals surface area contributed by atoms with Crippen molar-refractivity contribution in [3.63, 3.8) is 0 Å². The monoisotopic (exact) mass is 242 g/mol. The molecule has 2 aromatic rings. The SMILES string of the molecule is O=C(CCC(F)(F)F)c1c[nH]c2ncccc12. The van der Waals surface area contributed by atoms with Crippen molar-refractivity contribution >= 4 is 16.8 Å². The number of rotatable bonds is 3. The lowest BCUT2D eigenvalue weighted by Gasteiger charge is -2.04. The summed E-state index contributed by atoms with van der Waals surface area (Å²) in [5.74, 6) is -0.526. The molecule has 0 aliphatic carbocycles. The van der Waals surface area contributed by atoms with Crippen LogP contribution in [-0.4, -0.2) is 21.9 Å². The molecule has 17 heavy (non-hydrogen) atoms. The number of Topliss-reactive ketones (excluding diaryl/α,β-unsaturated/α-hetero) is 1. The first-order valence-electron chi connectivity index (χ1n) is 4.99. The Balaban J connectivity index is 2.20. The zero-order valence-corrected chi connectivity index (χ0v) is 8.71. The van der Waals surface area contributed by atoms with E-state index in [-0.39, 0.29) is 5.56 Å². The number of hydrogen-bond acceptors (Lipinski definition) is 2. The van der Waals surface area contributed by atoms with Gasteiger partial charge in [0.2, 0.25) is 0 Å². The van der Waals surface area contributed by atoms with Gasteiger partial charge in [-0.15, -0.1) is 0 Å². The van der Waals surface area contributed by atoms with Gasteiger partial charge in [0, 0.05) is 29.8 Å². The van der Waals surface area contributed by atoms with Crippen LogP contribution in [0.4, 0.5) is 13.2 Å². The van der Waals surface area contributed by atoms with E-state index in [2.05, 4.69) is 9.97 Å². The number of alkyl halides is 3. The van der Waals surface area contributed by atoms with Gasteiger partial charge in [-0.05, 0) is 12.1 Å². The van der Waals surface area contributed by atoms with Gasteiger partial charge in [0.15, 0.2) is 5.78 Å². The van der Waals surface area contributed by atoms with Crippen LogP contribution in [0.1, 0.15) is 23.2 Å². The van der Waals surface area contributed by atoms with E-state index in [1.165, 1.54) is 6.20 Å². The normalized spacial score (nSPS) is 11.9. The second-order valence-electron chi connectivity index (χ2n) is 3.64. The molecular formula is C11H9F3N2O. The van der Waals surface area contributed by atoms with Crippen molar-refractivity contribution in [3.05, 3.63) is 30.1 Å². The van der Waals surface area contributed by atoms with E-state index in [9.17, 15) is 18.0 Å². The first kappa shape index (κ1) is 11.6. The van der Waals surface area contributed by atoms with Crippen molar-refractivity contribution < 1.29 is 18.0 Å². The molecule has 0 aliphatic rings. The smallest absolute Gasteiger partial charge is 0.345 e. The largest absolute Gasteiger partial charge is 0.389 e. The van der Waals surface area contributed by atoms with Crippen LogP contribution < -0.4 is 0 Å². The Morgan fingerprint density at radius 2 is 2.18 bits per heavy atom. The molecule has 0 spiro atoms. The van der Waals surface area contributed by atoms with Gasteiger partial charge in [-0.3, -0.25) is 4.79 Å². The summed E-state index contributed by atoms with van der Waals surface area (Å²) in [6, 6.07) is 3.29. The third-order valence-electron chi connectivity index (χ3n) is 2.39. The van der Waals surface area contributed by atoms with Crippen LogP contribution in [0.15, 0.2) is 24.5 Å². The fraction of sp³-hybridized carbons (Fsp3) is 0.273. The molecule has 0 aromatic carbocycles. The standard InChI is InChI=1S/C11H9F3N2O/c12-11(13,14)4-3-9(17)8-6-16-10-7(8)2-1-5-15-10/h1-2,5-6H,3-4H2,(H,15,16). The maximum absolute atomic E-state index is 12.0. The minimum atomic E-state index is -4.31. The molecule has 0 saturated carbocycles. The van der Waals surface area contributed by atoms with Gasteiger partial charge in [0.1, 0.15) is 5.65 Å². The Labute approximate surface area is 94.7 Å². The van der Waals surface area contributed by atoms with Gasteiger partial charge in [-0.1, -0.05) is 0 Å². The number of nitrogens with one attached hydrogen (secondary N) is 1. The minimum Gasteiger partial charge on any atom is -0.345 e. The molecule has 0 aliphatic heterocycles. The summed E-state index contributed by atoms with van der Waals surface area (Å²) in [4.78, 5) is 18.3. The lowest BCUT2D eigenvalue weighted by atomic mass is 10.1. The summed E-state index contributed by atoms with van der Waals surface area (Å²) in [5.41, 5.74) is 0.764. The number of pyridine rings is 1. The van der Waals surface area contributed by atoms with Crippen LogP contribution in [0.2, 0.25) is 0 Å². The Kier molecular flexibility index (Phi) is 2.87. The molecule has 2 heterocycles. The molecule has 0 bridgehead atoms. The van der Waals surface area contributed by atoms with Crippen molar-refractivity contribution in [3.8, 4) is 0 Å². The molecule has 90 valence electrons. The number of carbonyl (C=O) groups excluding carboxylic acids is 1. The molecular weight excluding hydrogens is 233 g/mol. The van der Waals surface area contributed by atoms with E-state index >= 15 is 0 Å². The summed E-state index contributed by atoms with van der Waals surface area (Å²) in [5, 5.41) is 0.555. The molecule has 0 amide bonds. The third-order valence-corrected chi connectivity index (χ3v) is 2.39. The average molecular weight is 242 g/mol. The third kappa shape index (κ3) is 2.64. The van der Waals surface area contributed by atoms with Crippen LogP contribution >= 0.6 is 0 Å². The van der Waals surface area contributed by atoms with E-state index in [0.29, 0.717) is 11.0 Å². The molecule has 0 radical (unpaired) electrons. The maximum atomic E-state index is 12.0. The van der Waals surface area contributed by atoms with Gasteiger partial charge in [-0.2, -0.15) is 13.2 Å². The van der Waals surface area contributed by atoms with Crippen LogP contribution in [0.3, 0.4) is 0 Å². The lowest BCUT2D eigenvalue weighted by molar-refractivity contribution is -0.133. The Hall–Kier alpha value is -1.85. The van der Waals surface area contributed by atoms with E-state index in [4.69, 9.17) is 0 Å². The molecule has 2 aromatic heterocycles. The van der Waals surface area contributed by atoms with E-state index < -0.39 is 24.8 Å². The topological polar surface area (TPSA) is 45.8 Å². The summed E-state index contributed by atoms with van der Waals surface area (Å²) in [6.45, 7) is 0. The van der Waals surface area contributed by atoms with Crippen LogP contribution in [0, 0.1) is 0 Å². The number of H-pyrrole nitrogens is 1. The highest BCUT2D eigenvalue weighted by Gasteiger charge is 2.28. The second kappa shape index (κ2) is 4.20. The number of ketones is 1. The van der Waals surface area contributed by atoms with Crippen molar-refractivity contribution in [1.82, 2.24) is 9.97 Å². The highest BCUT2D eigenvalue weighted by Crippen LogP contribution is 2.24. The predicted molar refractivity (Wildman–Crippen MR) is 55.7 cm³/mol.